The number of halogens is 1. The van der Waals surface area contributed by atoms with Crippen LogP contribution in [-0.4, -0.2) is 56.4 Å². The standard InChI is InChI=1S/C16H28N2O3S.ClH/c19-16(7-10-22(20,21)15-3-1-2-4-15)18-8-5-13-11-17-12-14(13)6-9-18;/h13-15,17H,1-12H2;1H/t13-,14+;. The zero-order valence-electron chi connectivity index (χ0n) is 13.7. The lowest BCUT2D eigenvalue weighted by Gasteiger charge is -2.21. The Bertz CT molecular complexity index is 491. The average Bonchev–Trinajstić information content (AvgIpc) is 3.14. The molecule has 0 spiro atoms. The van der Waals surface area contributed by atoms with E-state index in [0.29, 0.717) is 11.8 Å². The molecule has 0 aromatic carbocycles. The molecule has 5 nitrogen and oxygen atoms in total. The number of rotatable bonds is 4. The fourth-order valence-electron chi connectivity index (χ4n) is 4.27. The van der Waals surface area contributed by atoms with Crippen molar-refractivity contribution in [3.8, 4) is 0 Å². The van der Waals surface area contributed by atoms with Crippen molar-refractivity contribution < 1.29 is 13.2 Å². The van der Waals surface area contributed by atoms with E-state index in [-0.39, 0.29) is 35.7 Å². The number of hydrogen-bond donors (Lipinski definition) is 1. The summed E-state index contributed by atoms with van der Waals surface area (Å²) in [4.78, 5) is 14.3. The molecular formula is C16H29ClN2O3S. The number of hydrogen-bond acceptors (Lipinski definition) is 4. The van der Waals surface area contributed by atoms with Gasteiger partial charge in [-0.2, -0.15) is 0 Å². The molecule has 7 heteroatoms. The predicted molar refractivity (Wildman–Crippen MR) is 93.6 cm³/mol. The Morgan fingerprint density at radius 2 is 1.57 bits per heavy atom. The van der Waals surface area contributed by atoms with Gasteiger partial charge in [-0.3, -0.25) is 4.79 Å². The lowest BCUT2D eigenvalue weighted by Crippen LogP contribution is -2.34. The number of nitrogens with zero attached hydrogens (tertiary/aromatic N) is 1. The Balaban J connectivity index is 0.00000192. The molecule has 3 rings (SSSR count). The average molecular weight is 365 g/mol. The van der Waals surface area contributed by atoms with Crippen molar-refractivity contribution in [3.05, 3.63) is 0 Å². The third-order valence-electron chi connectivity index (χ3n) is 5.78. The van der Waals surface area contributed by atoms with Gasteiger partial charge in [0.1, 0.15) is 0 Å². The number of sulfone groups is 1. The van der Waals surface area contributed by atoms with Gasteiger partial charge in [0.2, 0.25) is 5.91 Å². The van der Waals surface area contributed by atoms with Gasteiger partial charge in [-0.25, -0.2) is 8.42 Å². The fraction of sp³-hybridized carbons (Fsp3) is 0.938. The van der Waals surface area contributed by atoms with Crippen LogP contribution in [0.5, 0.6) is 0 Å². The van der Waals surface area contributed by atoms with Crippen molar-refractivity contribution in [1.82, 2.24) is 10.2 Å². The highest BCUT2D eigenvalue weighted by molar-refractivity contribution is 7.92. The topological polar surface area (TPSA) is 66.5 Å². The highest BCUT2D eigenvalue weighted by atomic mass is 35.5. The molecule has 1 saturated carbocycles. The van der Waals surface area contributed by atoms with Crippen LogP contribution in [0.4, 0.5) is 0 Å². The lowest BCUT2D eigenvalue weighted by molar-refractivity contribution is -0.130. The first-order chi connectivity index (χ1) is 10.6. The maximum absolute atomic E-state index is 12.4. The molecule has 2 heterocycles. The van der Waals surface area contributed by atoms with Crippen LogP contribution in [0.1, 0.15) is 44.9 Å². The minimum absolute atomic E-state index is 0. The molecule has 2 atom stereocenters. The number of nitrogens with one attached hydrogen (secondary N) is 1. The molecule has 0 aromatic rings. The maximum Gasteiger partial charge on any atom is 0.223 e. The van der Waals surface area contributed by atoms with Crippen LogP contribution in [-0.2, 0) is 14.6 Å². The largest absolute Gasteiger partial charge is 0.343 e. The molecule has 1 N–H and O–H groups in total. The van der Waals surface area contributed by atoms with E-state index in [4.69, 9.17) is 0 Å². The van der Waals surface area contributed by atoms with Gasteiger partial charge in [-0.05, 0) is 50.6 Å². The van der Waals surface area contributed by atoms with Crippen molar-refractivity contribution in [3.63, 3.8) is 0 Å². The molecule has 3 fully saturated rings. The van der Waals surface area contributed by atoms with Gasteiger partial charge in [0.25, 0.3) is 0 Å². The minimum Gasteiger partial charge on any atom is -0.343 e. The number of fused-ring (bicyclic) bond motifs is 1. The second kappa shape index (κ2) is 8.17. The summed E-state index contributed by atoms with van der Waals surface area (Å²) in [7, 11) is -3.08. The molecule has 0 radical (unpaired) electrons. The molecule has 1 aliphatic carbocycles. The molecule has 2 saturated heterocycles. The van der Waals surface area contributed by atoms with Crippen LogP contribution in [0.15, 0.2) is 0 Å². The Labute approximate surface area is 145 Å². The van der Waals surface area contributed by atoms with Gasteiger partial charge in [-0.15, -0.1) is 12.4 Å². The monoisotopic (exact) mass is 364 g/mol. The molecule has 1 amide bonds. The van der Waals surface area contributed by atoms with Crippen molar-refractivity contribution >= 4 is 28.2 Å². The Hall–Kier alpha value is -0.330. The number of amides is 1. The lowest BCUT2D eigenvalue weighted by atomic mass is 9.92. The first-order valence-corrected chi connectivity index (χ1v) is 10.5. The van der Waals surface area contributed by atoms with Gasteiger partial charge in [0, 0.05) is 19.5 Å². The normalized spacial score (nSPS) is 29.0. The van der Waals surface area contributed by atoms with Crippen LogP contribution >= 0.6 is 12.4 Å². The summed E-state index contributed by atoms with van der Waals surface area (Å²) < 4.78 is 24.5. The summed E-state index contributed by atoms with van der Waals surface area (Å²) in [6.07, 6.45) is 5.89. The van der Waals surface area contributed by atoms with Gasteiger partial charge < -0.3 is 10.2 Å². The van der Waals surface area contributed by atoms with Crippen LogP contribution in [0, 0.1) is 11.8 Å². The van der Waals surface area contributed by atoms with Crippen molar-refractivity contribution in [1.29, 1.82) is 0 Å². The van der Waals surface area contributed by atoms with Crippen LogP contribution < -0.4 is 5.32 Å². The maximum atomic E-state index is 12.4. The minimum atomic E-state index is -3.08. The number of carbonyl (C=O) groups excluding carboxylic acids is 1. The Morgan fingerprint density at radius 1 is 1.00 bits per heavy atom. The quantitative estimate of drug-likeness (QED) is 0.823. The third-order valence-corrected chi connectivity index (χ3v) is 8.04. The highest BCUT2D eigenvalue weighted by Gasteiger charge is 2.33. The summed E-state index contributed by atoms with van der Waals surface area (Å²) in [6, 6.07) is 0. The summed E-state index contributed by atoms with van der Waals surface area (Å²) in [5, 5.41) is 3.24. The zero-order chi connectivity index (χ0) is 15.6. The van der Waals surface area contributed by atoms with Crippen molar-refractivity contribution in [2.45, 2.75) is 50.2 Å². The molecule has 134 valence electrons. The van der Waals surface area contributed by atoms with Crippen LogP contribution in [0.3, 0.4) is 0 Å². The predicted octanol–water partition coefficient (Wildman–Crippen LogP) is 1.61. The second-order valence-corrected chi connectivity index (χ2v) is 9.56. The first-order valence-electron chi connectivity index (χ1n) is 8.76. The summed E-state index contributed by atoms with van der Waals surface area (Å²) in [5.74, 6) is 1.47. The van der Waals surface area contributed by atoms with E-state index < -0.39 is 9.84 Å². The van der Waals surface area contributed by atoms with E-state index in [1.54, 1.807) is 0 Å². The van der Waals surface area contributed by atoms with Crippen molar-refractivity contribution in [2.75, 3.05) is 31.9 Å². The van der Waals surface area contributed by atoms with Gasteiger partial charge in [-0.1, -0.05) is 12.8 Å². The van der Waals surface area contributed by atoms with E-state index in [1.807, 2.05) is 4.90 Å². The molecule has 0 bridgehead atoms. The third kappa shape index (κ3) is 4.60. The number of carbonyl (C=O) groups is 1. The molecule has 0 aromatic heterocycles. The first kappa shape index (κ1) is 19.0. The van der Waals surface area contributed by atoms with Crippen LogP contribution in [0.25, 0.3) is 0 Å². The van der Waals surface area contributed by atoms with Crippen LogP contribution in [0.2, 0.25) is 0 Å². The zero-order valence-corrected chi connectivity index (χ0v) is 15.3. The van der Waals surface area contributed by atoms with Gasteiger partial charge in [0.05, 0.1) is 11.0 Å². The fourth-order valence-corrected chi connectivity index (χ4v) is 6.11. The number of likely N-dealkylation sites (tertiary alicyclic amines) is 1. The summed E-state index contributed by atoms with van der Waals surface area (Å²) >= 11 is 0. The molecule has 2 aliphatic heterocycles. The second-order valence-electron chi connectivity index (χ2n) is 7.16. The summed E-state index contributed by atoms with van der Waals surface area (Å²) in [6.45, 7) is 3.74. The SMILES string of the molecule is Cl.O=C(CCS(=O)(=O)C1CCCC1)N1CC[C@@H]2CNC[C@@H]2CC1. The Morgan fingerprint density at radius 3 is 2.13 bits per heavy atom. The van der Waals surface area contributed by atoms with E-state index >= 15 is 0 Å². The van der Waals surface area contributed by atoms with Gasteiger partial charge in [0.15, 0.2) is 9.84 Å². The molecular weight excluding hydrogens is 336 g/mol. The van der Waals surface area contributed by atoms with E-state index in [0.717, 1.165) is 64.7 Å². The smallest absolute Gasteiger partial charge is 0.223 e. The molecule has 23 heavy (non-hydrogen) atoms. The Kier molecular flexibility index (Phi) is 6.75. The highest BCUT2D eigenvalue weighted by Crippen LogP contribution is 2.28. The summed E-state index contributed by atoms with van der Waals surface area (Å²) in [5.41, 5.74) is 0. The van der Waals surface area contributed by atoms with Crippen molar-refractivity contribution in [2.24, 2.45) is 11.8 Å². The van der Waals surface area contributed by atoms with E-state index in [1.165, 1.54) is 0 Å². The molecule has 3 aliphatic rings. The van der Waals surface area contributed by atoms with Gasteiger partial charge >= 0.3 is 0 Å². The van der Waals surface area contributed by atoms with E-state index in [2.05, 4.69) is 5.32 Å². The van der Waals surface area contributed by atoms with E-state index in [9.17, 15) is 13.2 Å². The molecule has 0 unspecified atom stereocenters.